The number of nitrogens with one attached hydrogen (secondary N) is 1. The fourth-order valence-corrected chi connectivity index (χ4v) is 2.42. The minimum atomic E-state index is -1.06. The first-order valence-corrected chi connectivity index (χ1v) is 5.98. The second kappa shape index (κ2) is 4.49. The second-order valence-electron chi connectivity index (χ2n) is 3.81. The Kier molecular flexibility index (Phi) is 3.23. The summed E-state index contributed by atoms with van der Waals surface area (Å²) in [6, 6.07) is -0.549. The topological polar surface area (TPSA) is 42.0 Å². The highest BCUT2D eigenvalue weighted by atomic mass is 79.9. The lowest BCUT2D eigenvalue weighted by Gasteiger charge is -2.15. The van der Waals surface area contributed by atoms with E-state index in [0.29, 0.717) is 12.8 Å². The fourth-order valence-electron chi connectivity index (χ4n) is 1.91. The largest absolute Gasteiger partial charge is 0.346 e. The summed E-state index contributed by atoms with van der Waals surface area (Å²) in [7, 11) is 0. The molecule has 2 atom stereocenters. The molecule has 2 unspecified atom stereocenters. The Bertz CT molecular complexity index is 424. The van der Waals surface area contributed by atoms with E-state index in [1.165, 1.54) is 0 Å². The summed E-state index contributed by atoms with van der Waals surface area (Å²) in [4.78, 5) is 15.3. The monoisotopic (exact) mass is 286 g/mol. The summed E-state index contributed by atoms with van der Waals surface area (Å²) < 4.78 is 14.6. The lowest BCUT2D eigenvalue weighted by Crippen LogP contribution is -2.31. The molecule has 16 heavy (non-hydrogen) atoms. The van der Waals surface area contributed by atoms with Gasteiger partial charge in [0.2, 0.25) is 5.91 Å². The molecule has 5 heteroatoms. The highest BCUT2D eigenvalue weighted by molar-refractivity contribution is 9.10. The summed E-state index contributed by atoms with van der Waals surface area (Å²) in [5.41, 5.74) is 1.69. The van der Waals surface area contributed by atoms with Gasteiger partial charge in [-0.3, -0.25) is 9.78 Å². The average Bonchev–Trinajstić information content (AvgIpc) is 2.58. The van der Waals surface area contributed by atoms with Crippen molar-refractivity contribution in [2.75, 3.05) is 0 Å². The maximum absolute atomic E-state index is 13.8. The Labute approximate surface area is 102 Å². The van der Waals surface area contributed by atoms with Crippen molar-refractivity contribution in [2.24, 2.45) is 0 Å². The molecular formula is C11H12BrFN2O. The SMILES string of the molecule is CCC(=O)NC1c2cncc(Br)c2CC1F. The van der Waals surface area contributed by atoms with Gasteiger partial charge in [-0.15, -0.1) is 0 Å². The van der Waals surface area contributed by atoms with Crippen LogP contribution < -0.4 is 5.32 Å². The molecule has 0 aromatic carbocycles. The van der Waals surface area contributed by atoms with Crippen LogP contribution in [0.4, 0.5) is 4.39 Å². The number of aromatic nitrogens is 1. The van der Waals surface area contributed by atoms with Crippen LogP contribution in [0, 0.1) is 0 Å². The van der Waals surface area contributed by atoms with Crippen LogP contribution in [0.3, 0.4) is 0 Å². The first-order valence-electron chi connectivity index (χ1n) is 5.19. The van der Waals surface area contributed by atoms with Gasteiger partial charge in [0.25, 0.3) is 0 Å². The van der Waals surface area contributed by atoms with Gasteiger partial charge < -0.3 is 5.32 Å². The lowest BCUT2D eigenvalue weighted by atomic mass is 10.1. The van der Waals surface area contributed by atoms with E-state index in [1.807, 2.05) is 0 Å². The van der Waals surface area contributed by atoms with E-state index in [4.69, 9.17) is 0 Å². The maximum atomic E-state index is 13.8. The molecule has 1 aliphatic rings. The summed E-state index contributed by atoms with van der Waals surface area (Å²) in [5, 5.41) is 2.69. The molecule has 1 aliphatic carbocycles. The van der Waals surface area contributed by atoms with Crippen LogP contribution in [-0.4, -0.2) is 17.1 Å². The number of nitrogens with zero attached hydrogens (tertiary/aromatic N) is 1. The van der Waals surface area contributed by atoms with Gasteiger partial charge in [-0.1, -0.05) is 6.92 Å². The molecule has 0 radical (unpaired) electrons. The van der Waals surface area contributed by atoms with Crippen LogP contribution in [0.15, 0.2) is 16.9 Å². The van der Waals surface area contributed by atoms with Crippen LogP contribution in [-0.2, 0) is 11.2 Å². The van der Waals surface area contributed by atoms with E-state index in [1.54, 1.807) is 19.3 Å². The van der Waals surface area contributed by atoms with Crippen LogP contribution in [0.5, 0.6) is 0 Å². The van der Waals surface area contributed by atoms with E-state index in [-0.39, 0.29) is 5.91 Å². The third kappa shape index (κ3) is 1.96. The van der Waals surface area contributed by atoms with Crippen molar-refractivity contribution in [3.8, 4) is 0 Å². The Morgan fingerprint density at radius 2 is 2.44 bits per heavy atom. The highest BCUT2D eigenvalue weighted by Crippen LogP contribution is 2.36. The number of rotatable bonds is 2. The van der Waals surface area contributed by atoms with Crippen molar-refractivity contribution in [3.63, 3.8) is 0 Å². The molecule has 1 amide bonds. The van der Waals surface area contributed by atoms with Crippen molar-refractivity contribution in [1.82, 2.24) is 10.3 Å². The van der Waals surface area contributed by atoms with E-state index >= 15 is 0 Å². The predicted octanol–water partition coefficient (Wildman–Crippen LogP) is 2.31. The maximum Gasteiger partial charge on any atom is 0.220 e. The van der Waals surface area contributed by atoms with Gasteiger partial charge in [0.1, 0.15) is 6.17 Å². The second-order valence-corrected chi connectivity index (χ2v) is 4.66. The van der Waals surface area contributed by atoms with E-state index in [9.17, 15) is 9.18 Å². The van der Waals surface area contributed by atoms with Crippen LogP contribution in [0.2, 0.25) is 0 Å². The highest BCUT2D eigenvalue weighted by Gasteiger charge is 2.34. The van der Waals surface area contributed by atoms with Gasteiger partial charge in [0.05, 0.1) is 6.04 Å². The Morgan fingerprint density at radius 1 is 1.69 bits per heavy atom. The molecule has 3 nitrogen and oxygen atoms in total. The molecule has 0 bridgehead atoms. The summed E-state index contributed by atoms with van der Waals surface area (Å²) in [6.07, 6.45) is 2.90. The fraction of sp³-hybridized carbons (Fsp3) is 0.455. The van der Waals surface area contributed by atoms with Gasteiger partial charge in [0, 0.05) is 35.3 Å². The Morgan fingerprint density at radius 3 is 3.12 bits per heavy atom. The third-order valence-electron chi connectivity index (χ3n) is 2.77. The minimum Gasteiger partial charge on any atom is -0.346 e. The van der Waals surface area contributed by atoms with E-state index in [2.05, 4.69) is 26.2 Å². The Hall–Kier alpha value is -0.970. The zero-order chi connectivity index (χ0) is 11.7. The first kappa shape index (κ1) is 11.5. The number of hydrogen-bond donors (Lipinski definition) is 1. The van der Waals surface area contributed by atoms with Crippen molar-refractivity contribution in [2.45, 2.75) is 32.0 Å². The zero-order valence-electron chi connectivity index (χ0n) is 8.84. The van der Waals surface area contributed by atoms with Crippen LogP contribution in [0.1, 0.15) is 30.5 Å². The van der Waals surface area contributed by atoms with Crippen molar-refractivity contribution < 1.29 is 9.18 Å². The van der Waals surface area contributed by atoms with Gasteiger partial charge in [-0.2, -0.15) is 0 Å². The molecular weight excluding hydrogens is 275 g/mol. The molecule has 0 spiro atoms. The molecule has 0 saturated heterocycles. The predicted molar refractivity (Wildman–Crippen MR) is 61.7 cm³/mol. The smallest absolute Gasteiger partial charge is 0.220 e. The van der Waals surface area contributed by atoms with Crippen LogP contribution >= 0.6 is 15.9 Å². The molecule has 1 heterocycles. The zero-order valence-corrected chi connectivity index (χ0v) is 10.4. The molecule has 1 N–H and O–H groups in total. The first-order chi connectivity index (χ1) is 7.63. The number of fused-ring (bicyclic) bond motifs is 1. The van der Waals surface area contributed by atoms with Crippen LogP contribution in [0.25, 0.3) is 0 Å². The van der Waals surface area contributed by atoms with Crippen molar-refractivity contribution in [3.05, 3.63) is 28.0 Å². The third-order valence-corrected chi connectivity index (χ3v) is 3.46. The molecule has 1 aromatic rings. The number of hydrogen-bond acceptors (Lipinski definition) is 2. The molecule has 86 valence electrons. The average molecular weight is 287 g/mol. The molecule has 2 rings (SSSR count). The summed E-state index contributed by atoms with van der Waals surface area (Å²) in [5.74, 6) is -0.138. The number of carbonyl (C=O) groups excluding carboxylic acids is 1. The van der Waals surface area contributed by atoms with Crippen molar-refractivity contribution >= 4 is 21.8 Å². The van der Waals surface area contributed by atoms with Crippen molar-refractivity contribution in [1.29, 1.82) is 0 Å². The minimum absolute atomic E-state index is 0.138. The molecule has 0 fully saturated rings. The molecule has 1 aromatic heterocycles. The van der Waals surface area contributed by atoms with E-state index in [0.717, 1.165) is 15.6 Å². The normalized spacial score (nSPS) is 22.9. The quantitative estimate of drug-likeness (QED) is 0.907. The number of amides is 1. The molecule has 0 saturated carbocycles. The van der Waals surface area contributed by atoms with Gasteiger partial charge in [-0.25, -0.2) is 4.39 Å². The van der Waals surface area contributed by atoms with E-state index < -0.39 is 12.2 Å². The standard InChI is InChI=1S/C11H12BrFN2O/c1-2-10(16)15-11-7-4-14-5-8(12)6(7)3-9(11)13/h4-5,9,11H,2-3H2,1H3,(H,15,16). The summed E-state index contributed by atoms with van der Waals surface area (Å²) in [6.45, 7) is 1.75. The number of carbonyl (C=O) groups is 1. The number of pyridine rings is 1. The molecule has 0 aliphatic heterocycles. The Balaban J connectivity index is 2.29. The van der Waals surface area contributed by atoms with Gasteiger partial charge in [0.15, 0.2) is 0 Å². The van der Waals surface area contributed by atoms with Gasteiger partial charge >= 0.3 is 0 Å². The number of alkyl halides is 1. The number of halogens is 2. The summed E-state index contributed by atoms with van der Waals surface area (Å²) >= 11 is 3.34. The lowest BCUT2D eigenvalue weighted by molar-refractivity contribution is -0.121. The van der Waals surface area contributed by atoms with Gasteiger partial charge in [-0.05, 0) is 21.5 Å².